The monoisotopic (exact) mass is 303 g/mol. The maximum atomic E-state index is 13.7. The first-order valence-electron chi connectivity index (χ1n) is 6.06. The zero-order valence-electron chi connectivity index (χ0n) is 11.4. The summed E-state index contributed by atoms with van der Waals surface area (Å²) in [6.07, 6.45) is 0. The number of nitrogens with zero attached hydrogens (tertiary/aromatic N) is 2. The topological polar surface area (TPSA) is 65.8 Å². The van der Waals surface area contributed by atoms with Crippen LogP contribution in [0.3, 0.4) is 0 Å². The average molecular weight is 304 g/mol. The van der Waals surface area contributed by atoms with Crippen LogP contribution < -0.4 is 5.32 Å². The number of carbonyl (C=O) groups excluding carboxylic acids is 1. The molecule has 0 atom stereocenters. The third-order valence-corrected chi connectivity index (χ3v) is 3.10. The molecule has 0 radical (unpaired) electrons. The Bertz CT molecular complexity index is 748. The second-order valence-electron chi connectivity index (χ2n) is 4.52. The van der Waals surface area contributed by atoms with Gasteiger partial charge in [-0.2, -0.15) is 5.26 Å². The second kappa shape index (κ2) is 5.90. The van der Waals surface area contributed by atoms with Gasteiger partial charge in [0.2, 0.25) is 0 Å². The fraction of sp³-hybridized carbons (Fsp3) is 0.133. The van der Waals surface area contributed by atoms with Gasteiger partial charge in [0.15, 0.2) is 0 Å². The Morgan fingerprint density at radius 2 is 2.05 bits per heavy atom. The van der Waals surface area contributed by atoms with E-state index >= 15 is 0 Å². The van der Waals surface area contributed by atoms with Gasteiger partial charge >= 0.3 is 0 Å². The molecule has 0 saturated heterocycles. The van der Waals surface area contributed by atoms with Gasteiger partial charge in [-0.25, -0.2) is 9.37 Å². The molecule has 1 amide bonds. The van der Waals surface area contributed by atoms with Crippen molar-refractivity contribution in [1.29, 1.82) is 5.26 Å². The van der Waals surface area contributed by atoms with Crippen molar-refractivity contribution >= 4 is 23.2 Å². The van der Waals surface area contributed by atoms with Crippen molar-refractivity contribution in [3.05, 3.63) is 57.6 Å². The molecule has 6 heteroatoms. The number of hydrogen-bond acceptors (Lipinski definition) is 3. The van der Waals surface area contributed by atoms with Gasteiger partial charge < -0.3 is 5.32 Å². The number of nitriles is 1. The zero-order chi connectivity index (χ0) is 15.6. The molecule has 1 N–H and O–H groups in total. The summed E-state index contributed by atoms with van der Waals surface area (Å²) < 4.78 is 13.7. The quantitative estimate of drug-likeness (QED) is 0.862. The maximum Gasteiger partial charge on any atom is 0.255 e. The largest absolute Gasteiger partial charge is 0.322 e. The highest BCUT2D eigenvalue weighted by Crippen LogP contribution is 2.21. The standard InChI is InChI=1S/C15H11ClFN3O/c1-8-3-11(6-14(16)19-8)15(21)20-13-5-10(7-18)4-12(17)9(13)2/h3-6H,1-2H3,(H,20,21). The van der Waals surface area contributed by atoms with Crippen LogP contribution in [0.25, 0.3) is 0 Å². The predicted octanol–water partition coefficient (Wildman–Crippen LogP) is 3.61. The normalized spacial score (nSPS) is 10.0. The molecule has 0 unspecified atom stereocenters. The van der Waals surface area contributed by atoms with E-state index in [2.05, 4.69) is 10.3 Å². The molecular formula is C15H11ClFN3O. The van der Waals surface area contributed by atoms with Crippen molar-refractivity contribution < 1.29 is 9.18 Å². The van der Waals surface area contributed by atoms with Crippen LogP contribution in [0.5, 0.6) is 0 Å². The van der Waals surface area contributed by atoms with Gasteiger partial charge in [0.05, 0.1) is 11.6 Å². The van der Waals surface area contributed by atoms with E-state index in [9.17, 15) is 9.18 Å². The Kier molecular flexibility index (Phi) is 4.20. The van der Waals surface area contributed by atoms with Gasteiger partial charge in [-0.3, -0.25) is 4.79 Å². The third-order valence-electron chi connectivity index (χ3n) is 2.91. The van der Waals surface area contributed by atoms with Crippen molar-refractivity contribution in [3.63, 3.8) is 0 Å². The van der Waals surface area contributed by atoms with E-state index in [1.165, 1.54) is 19.1 Å². The molecule has 4 nitrogen and oxygen atoms in total. The van der Waals surface area contributed by atoms with E-state index < -0.39 is 11.7 Å². The molecule has 2 rings (SSSR count). The van der Waals surface area contributed by atoms with Crippen molar-refractivity contribution in [3.8, 4) is 6.07 Å². The van der Waals surface area contributed by atoms with E-state index in [4.69, 9.17) is 16.9 Å². The molecule has 0 spiro atoms. The fourth-order valence-electron chi connectivity index (χ4n) is 1.83. The molecule has 0 aliphatic heterocycles. The Morgan fingerprint density at radius 3 is 2.67 bits per heavy atom. The fourth-order valence-corrected chi connectivity index (χ4v) is 2.08. The SMILES string of the molecule is Cc1cc(C(=O)Nc2cc(C#N)cc(F)c2C)cc(Cl)n1. The first-order chi connectivity index (χ1) is 9.90. The van der Waals surface area contributed by atoms with E-state index in [0.717, 1.165) is 6.07 Å². The van der Waals surface area contributed by atoms with Gasteiger partial charge in [0.1, 0.15) is 11.0 Å². The number of nitrogens with one attached hydrogen (secondary N) is 1. The van der Waals surface area contributed by atoms with Crippen molar-refractivity contribution in [2.75, 3.05) is 5.32 Å². The van der Waals surface area contributed by atoms with Gasteiger partial charge in [-0.1, -0.05) is 11.6 Å². The summed E-state index contributed by atoms with van der Waals surface area (Å²) in [6.45, 7) is 3.24. The molecule has 0 aliphatic rings. The van der Waals surface area contributed by atoms with Crippen LogP contribution in [0, 0.1) is 31.0 Å². The summed E-state index contributed by atoms with van der Waals surface area (Å²) >= 11 is 5.81. The molecule has 106 valence electrons. The Balaban J connectivity index is 2.36. The Morgan fingerprint density at radius 1 is 1.33 bits per heavy atom. The zero-order valence-corrected chi connectivity index (χ0v) is 12.1. The number of benzene rings is 1. The maximum absolute atomic E-state index is 13.7. The molecule has 21 heavy (non-hydrogen) atoms. The number of aryl methyl sites for hydroxylation is 1. The lowest BCUT2D eigenvalue weighted by molar-refractivity contribution is 0.102. The molecule has 0 aliphatic carbocycles. The summed E-state index contributed by atoms with van der Waals surface area (Å²) in [5.41, 5.74) is 1.56. The van der Waals surface area contributed by atoms with Crippen LogP contribution in [0.4, 0.5) is 10.1 Å². The number of rotatable bonds is 2. The van der Waals surface area contributed by atoms with Crippen LogP contribution in [-0.2, 0) is 0 Å². The second-order valence-corrected chi connectivity index (χ2v) is 4.90. The molecule has 1 aromatic carbocycles. The molecular weight excluding hydrogens is 293 g/mol. The molecule has 1 aromatic heterocycles. The Hall–Kier alpha value is -2.45. The minimum absolute atomic E-state index is 0.136. The molecule has 0 bridgehead atoms. The van der Waals surface area contributed by atoms with Crippen molar-refractivity contribution in [2.45, 2.75) is 13.8 Å². The van der Waals surface area contributed by atoms with E-state index in [1.54, 1.807) is 13.0 Å². The predicted molar refractivity (Wildman–Crippen MR) is 77.8 cm³/mol. The number of pyridine rings is 1. The number of anilines is 1. The lowest BCUT2D eigenvalue weighted by Crippen LogP contribution is -2.14. The summed E-state index contributed by atoms with van der Waals surface area (Å²) in [5.74, 6) is -0.992. The Labute approximate surface area is 126 Å². The van der Waals surface area contributed by atoms with Gasteiger partial charge in [-0.15, -0.1) is 0 Å². The van der Waals surface area contributed by atoms with Crippen LogP contribution in [0.1, 0.15) is 27.2 Å². The van der Waals surface area contributed by atoms with Crippen molar-refractivity contribution in [1.82, 2.24) is 4.98 Å². The van der Waals surface area contributed by atoms with Crippen LogP contribution in [0.2, 0.25) is 5.15 Å². The summed E-state index contributed by atoms with van der Waals surface area (Å²) in [5, 5.41) is 11.6. The van der Waals surface area contributed by atoms with E-state index in [-0.39, 0.29) is 22.0 Å². The van der Waals surface area contributed by atoms with E-state index in [0.29, 0.717) is 11.3 Å². The highest BCUT2D eigenvalue weighted by atomic mass is 35.5. The number of hydrogen-bond donors (Lipinski definition) is 1. The van der Waals surface area contributed by atoms with Gasteiger partial charge in [0.25, 0.3) is 5.91 Å². The lowest BCUT2D eigenvalue weighted by Gasteiger charge is -2.10. The smallest absolute Gasteiger partial charge is 0.255 e. The minimum Gasteiger partial charge on any atom is -0.322 e. The molecule has 2 aromatic rings. The molecule has 1 heterocycles. The summed E-state index contributed by atoms with van der Waals surface area (Å²) in [7, 11) is 0. The van der Waals surface area contributed by atoms with Gasteiger partial charge in [0, 0.05) is 22.5 Å². The molecule has 0 saturated carbocycles. The van der Waals surface area contributed by atoms with Crippen LogP contribution >= 0.6 is 11.6 Å². The third kappa shape index (κ3) is 3.36. The first kappa shape index (κ1) is 14.9. The lowest BCUT2D eigenvalue weighted by atomic mass is 10.1. The van der Waals surface area contributed by atoms with Crippen LogP contribution in [-0.4, -0.2) is 10.9 Å². The number of halogens is 2. The highest BCUT2D eigenvalue weighted by molar-refractivity contribution is 6.29. The van der Waals surface area contributed by atoms with Crippen LogP contribution in [0.15, 0.2) is 24.3 Å². The number of aromatic nitrogens is 1. The first-order valence-corrected chi connectivity index (χ1v) is 6.44. The molecule has 0 fully saturated rings. The number of amides is 1. The summed E-state index contributed by atoms with van der Waals surface area (Å²) in [4.78, 5) is 16.1. The summed E-state index contributed by atoms with van der Waals surface area (Å²) in [6, 6.07) is 7.38. The van der Waals surface area contributed by atoms with E-state index in [1.807, 2.05) is 6.07 Å². The van der Waals surface area contributed by atoms with Crippen molar-refractivity contribution in [2.24, 2.45) is 0 Å². The minimum atomic E-state index is -0.548. The van der Waals surface area contributed by atoms with Gasteiger partial charge in [-0.05, 0) is 38.1 Å². The average Bonchev–Trinajstić information content (AvgIpc) is 2.42. The highest BCUT2D eigenvalue weighted by Gasteiger charge is 2.13. The number of carbonyl (C=O) groups is 1.